The van der Waals surface area contributed by atoms with Gasteiger partial charge >= 0.3 is 0 Å². The van der Waals surface area contributed by atoms with Crippen molar-refractivity contribution in [2.75, 3.05) is 0 Å². The van der Waals surface area contributed by atoms with Crippen molar-refractivity contribution in [2.24, 2.45) is 0 Å². The Labute approximate surface area is 95.5 Å². The standard InChI is InChI=1S/Cr.Cu.Nb.Ti.V. The second-order valence-corrected chi connectivity index (χ2v) is 0. The maximum Gasteiger partial charge on any atom is 0 e. The Morgan fingerprint density at radius 3 is 1.00 bits per heavy atom. The molecule has 5 heteroatoms. The van der Waals surface area contributed by atoms with E-state index in [4.69, 9.17) is 0 Å². The predicted octanol–water partition coefficient (Wildman–Crippen LogP) is -0.0125. The fourth-order valence-corrected chi connectivity index (χ4v) is 0. The molecule has 3 radical (unpaired) electrons. The maximum atomic E-state index is 0. The SMILES string of the molecule is [Cr].[Cu].[Nb].[Ti].[V]. The van der Waals surface area contributed by atoms with Gasteiger partial charge in [-0.05, 0) is 0 Å². The summed E-state index contributed by atoms with van der Waals surface area (Å²) in [6.45, 7) is 0. The van der Waals surface area contributed by atoms with Crippen molar-refractivity contribution in [3.8, 4) is 0 Å². The van der Waals surface area contributed by atoms with Crippen molar-refractivity contribution in [3.05, 3.63) is 0 Å². The fraction of sp³-hybridized carbons (Fsp3) is 0. The van der Waals surface area contributed by atoms with Crippen LogP contribution in [0.1, 0.15) is 0 Å². The second kappa shape index (κ2) is 27.5. The average molecular weight is 307 g/mol. The van der Waals surface area contributed by atoms with Crippen LogP contribution in [0.25, 0.3) is 0 Å². The molecule has 0 N–H and O–H groups in total. The molecule has 0 saturated heterocycles. The first-order valence-corrected chi connectivity index (χ1v) is 0. The van der Waals surface area contributed by atoms with E-state index in [-0.39, 0.29) is 97.1 Å². The molecule has 5 heavy (non-hydrogen) atoms. The number of hydrogen-bond acceptors (Lipinski definition) is 0. The number of rotatable bonds is 0. The van der Waals surface area contributed by atoms with Crippen LogP contribution in [0.3, 0.4) is 0 Å². The van der Waals surface area contributed by atoms with Gasteiger partial charge in [0.1, 0.15) is 0 Å². The van der Waals surface area contributed by atoms with Crippen molar-refractivity contribution in [2.45, 2.75) is 0 Å². The van der Waals surface area contributed by atoms with Gasteiger partial charge in [-0.2, -0.15) is 0 Å². The van der Waals surface area contributed by atoms with E-state index < -0.39 is 0 Å². The molecular formula is CrCuNbTiV. The molecule has 0 bridgehead atoms. The third-order valence-corrected chi connectivity index (χ3v) is 0. The minimum Gasteiger partial charge on any atom is 0 e. The third kappa shape index (κ3) is 19.2. The van der Waals surface area contributed by atoms with Crippen LogP contribution in [0.15, 0.2) is 0 Å². The van der Waals surface area contributed by atoms with Gasteiger partial charge in [-0.3, -0.25) is 0 Å². The van der Waals surface area contributed by atoms with Crippen LogP contribution in [0.5, 0.6) is 0 Å². The Morgan fingerprint density at radius 1 is 1.00 bits per heavy atom. The van der Waals surface area contributed by atoms with Crippen molar-refractivity contribution in [3.63, 3.8) is 0 Å². The van der Waals surface area contributed by atoms with E-state index in [0.29, 0.717) is 0 Å². The van der Waals surface area contributed by atoms with Gasteiger partial charge in [-0.25, -0.2) is 0 Å². The van der Waals surface area contributed by atoms with E-state index in [1.165, 1.54) is 0 Å². The summed E-state index contributed by atoms with van der Waals surface area (Å²) < 4.78 is 0. The van der Waals surface area contributed by atoms with E-state index in [1.54, 1.807) is 0 Å². The number of hydrogen-bond donors (Lipinski definition) is 0. The van der Waals surface area contributed by atoms with Crippen LogP contribution < -0.4 is 0 Å². The third-order valence-electron chi connectivity index (χ3n) is 0. The first-order chi connectivity index (χ1) is 0. The molecule has 0 saturated carbocycles. The predicted molar refractivity (Wildman–Crippen MR) is 0 cm³/mol. The van der Waals surface area contributed by atoms with Crippen molar-refractivity contribution in [1.82, 2.24) is 0 Å². The molecule has 0 heterocycles. The molecule has 0 aliphatic carbocycles. The summed E-state index contributed by atoms with van der Waals surface area (Å²) in [4.78, 5) is 0. The average Bonchev–Trinajstić information content (AvgIpc) is 0. The van der Waals surface area contributed by atoms with Crippen molar-refractivity contribution >= 4 is 0 Å². The van der Waals surface area contributed by atoms with E-state index in [2.05, 4.69) is 0 Å². The smallest absolute Gasteiger partial charge is 0 e. The Morgan fingerprint density at radius 2 is 1.00 bits per heavy atom. The van der Waals surface area contributed by atoms with Crippen LogP contribution >= 0.6 is 0 Å². The summed E-state index contributed by atoms with van der Waals surface area (Å²) in [6, 6.07) is 0. The Bertz CT molecular complexity index is 11.6. The second-order valence-electron chi connectivity index (χ2n) is 0. The van der Waals surface area contributed by atoms with Gasteiger partial charge in [0.25, 0.3) is 0 Å². The van der Waals surface area contributed by atoms with E-state index in [0.717, 1.165) is 0 Å². The van der Waals surface area contributed by atoms with Crippen molar-refractivity contribution < 1.29 is 97.1 Å². The first-order valence-electron chi connectivity index (χ1n) is 0. The zero-order valence-electron chi connectivity index (χ0n) is 2.10. The molecule has 0 aromatic heterocycles. The molecule has 0 atom stereocenters. The molecule has 0 nitrogen and oxygen atoms in total. The van der Waals surface area contributed by atoms with Gasteiger partial charge in [0, 0.05) is 97.1 Å². The van der Waals surface area contributed by atoms with Gasteiger partial charge in [0.2, 0.25) is 0 Å². The quantitative estimate of drug-likeness (QED) is 0.552. The summed E-state index contributed by atoms with van der Waals surface area (Å²) in [7, 11) is 0. The zero-order valence-corrected chi connectivity index (χ0v) is 9.48. The molecule has 0 spiro atoms. The molecule has 0 aliphatic heterocycles. The summed E-state index contributed by atoms with van der Waals surface area (Å²) in [5.74, 6) is 0. The van der Waals surface area contributed by atoms with Gasteiger partial charge in [-0.1, -0.05) is 0 Å². The molecule has 0 aromatic rings. The van der Waals surface area contributed by atoms with Gasteiger partial charge in [0.05, 0.1) is 0 Å². The van der Waals surface area contributed by atoms with Gasteiger partial charge in [-0.15, -0.1) is 0 Å². The van der Waals surface area contributed by atoms with Crippen molar-refractivity contribution in [1.29, 1.82) is 0 Å². The molecule has 0 aliphatic rings. The fourth-order valence-electron chi connectivity index (χ4n) is 0. The van der Waals surface area contributed by atoms with Crippen LogP contribution in [-0.2, 0) is 97.1 Å². The van der Waals surface area contributed by atoms with E-state index in [9.17, 15) is 0 Å². The zero-order chi connectivity index (χ0) is 0. The molecule has 31 valence electrons. The topological polar surface area (TPSA) is 0 Å². The normalized spacial score (nSPS) is 0. The van der Waals surface area contributed by atoms with Crippen LogP contribution in [0, 0.1) is 0 Å². The summed E-state index contributed by atoms with van der Waals surface area (Å²) in [5.41, 5.74) is 0. The van der Waals surface area contributed by atoms with E-state index >= 15 is 0 Å². The van der Waals surface area contributed by atoms with Crippen LogP contribution in [0.2, 0.25) is 0 Å². The molecular weight excluding hydrogens is 307 g/mol. The monoisotopic (exact) mass is 307 g/mol. The largest absolute Gasteiger partial charge is 0 e. The minimum absolute atomic E-state index is 0. The molecule has 0 aromatic carbocycles. The molecule has 0 rings (SSSR count). The van der Waals surface area contributed by atoms with Gasteiger partial charge < -0.3 is 0 Å². The first kappa shape index (κ1) is 42.6. The Hall–Kier alpha value is 3.09. The van der Waals surface area contributed by atoms with E-state index in [1.807, 2.05) is 0 Å². The van der Waals surface area contributed by atoms with Gasteiger partial charge in [0.15, 0.2) is 0 Å². The minimum atomic E-state index is 0. The molecule has 0 unspecified atom stereocenters. The molecule has 0 fully saturated rings. The van der Waals surface area contributed by atoms with Crippen LogP contribution in [0.4, 0.5) is 0 Å². The summed E-state index contributed by atoms with van der Waals surface area (Å²) in [6.07, 6.45) is 0. The van der Waals surface area contributed by atoms with Crippen LogP contribution in [-0.4, -0.2) is 0 Å². The maximum absolute atomic E-state index is 0. The summed E-state index contributed by atoms with van der Waals surface area (Å²) in [5, 5.41) is 0. The molecule has 0 amide bonds. The Kier molecular flexibility index (Phi) is 235. The Balaban J connectivity index is 0. The summed E-state index contributed by atoms with van der Waals surface area (Å²) >= 11 is 0.